The number of sulfonamides is 1. The fourth-order valence-electron chi connectivity index (χ4n) is 3.69. The number of nitrogens with zero attached hydrogens (tertiary/aromatic N) is 3. The zero-order valence-corrected chi connectivity index (χ0v) is 17.9. The molecule has 1 aromatic carbocycles. The quantitative estimate of drug-likeness (QED) is 0.511. The summed E-state index contributed by atoms with van der Waals surface area (Å²) in [5, 5.41) is 13.4. The number of nitro groups is 1. The Morgan fingerprint density at radius 3 is 2.55 bits per heavy atom. The van der Waals surface area contributed by atoms with Crippen molar-refractivity contribution in [2.24, 2.45) is 0 Å². The van der Waals surface area contributed by atoms with Gasteiger partial charge in [0, 0.05) is 25.2 Å². The highest BCUT2D eigenvalue weighted by molar-refractivity contribution is 7.89. The molecule has 0 atom stereocenters. The fraction of sp³-hybridized carbons (Fsp3) is 0.400. The second kappa shape index (κ2) is 9.40. The fourth-order valence-corrected chi connectivity index (χ4v) is 5.25. The molecule has 0 saturated heterocycles. The largest absolute Gasteiger partial charge is 0.323 e. The number of carbonyl (C=O) groups excluding carboxylic acids is 1. The van der Waals surface area contributed by atoms with E-state index in [1.54, 1.807) is 19.2 Å². The first kappa shape index (κ1) is 22.6. The Hall–Kier alpha value is -3.05. The van der Waals surface area contributed by atoms with Crippen molar-refractivity contribution in [3.8, 4) is 0 Å². The lowest BCUT2D eigenvalue weighted by molar-refractivity contribution is -0.385. The average Bonchev–Trinajstić information content (AvgIpc) is 2.75. The van der Waals surface area contributed by atoms with Gasteiger partial charge in [0.15, 0.2) is 0 Å². The maximum atomic E-state index is 13.2. The number of nitrogens with one attached hydrogen (secondary N) is 1. The number of aromatic nitrogens is 1. The molecule has 0 spiro atoms. The monoisotopic (exact) mass is 448 g/mol. The van der Waals surface area contributed by atoms with Gasteiger partial charge in [0.05, 0.1) is 16.8 Å². The van der Waals surface area contributed by atoms with E-state index >= 15 is 0 Å². The molecule has 1 fully saturated rings. The predicted octanol–water partition coefficient (Wildman–Crippen LogP) is 2.35. The Kier molecular flexibility index (Phi) is 6.86. The molecule has 3 rings (SSSR count). The predicted molar refractivity (Wildman–Crippen MR) is 114 cm³/mol. The van der Waals surface area contributed by atoms with Crippen LogP contribution in [0.25, 0.3) is 0 Å². The van der Waals surface area contributed by atoms with Crippen LogP contribution >= 0.6 is 0 Å². The van der Waals surface area contributed by atoms with Gasteiger partial charge in [-0.3, -0.25) is 24.3 Å². The summed E-state index contributed by atoms with van der Waals surface area (Å²) in [6.45, 7) is -0.493. The zero-order chi connectivity index (χ0) is 22.6. The third kappa shape index (κ3) is 5.17. The van der Waals surface area contributed by atoms with Crippen LogP contribution in [0.5, 0.6) is 0 Å². The van der Waals surface area contributed by atoms with Crippen molar-refractivity contribution in [1.29, 1.82) is 0 Å². The number of hydrogen-bond acceptors (Lipinski definition) is 6. The Bertz CT molecular complexity index is 1140. The van der Waals surface area contributed by atoms with E-state index in [0.717, 1.165) is 55.0 Å². The minimum atomic E-state index is -3.85. The second-order valence-corrected chi connectivity index (χ2v) is 9.43. The number of amides is 1. The lowest BCUT2D eigenvalue weighted by atomic mass is 9.96. The van der Waals surface area contributed by atoms with E-state index in [1.807, 2.05) is 0 Å². The van der Waals surface area contributed by atoms with Crippen LogP contribution in [-0.4, -0.2) is 41.2 Å². The van der Waals surface area contributed by atoms with Gasteiger partial charge >= 0.3 is 0 Å². The summed E-state index contributed by atoms with van der Waals surface area (Å²) in [6, 6.07) is 8.02. The third-order valence-corrected chi connectivity index (χ3v) is 7.37. The minimum Gasteiger partial charge on any atom is -0.323 e. The van der Waals surface area contributed by atoms with E-state index in [9.17, 15) is 28.1 Å². The Balaban J connectivity index is 1.82. The van der Waals surface area contributed by atoms with Crippen LogP contribution in [0.1, 0.15) is 32.1 Å². The molecule has 1 amide bonds. The number of benzene rings is 1. The number of rotatable bonds is 7. The summed E-state index contributed by atoms with van der Waals surface area (Å²) in [4.78, 5) is 34.6. The first-order valence-electron chi connectivity index (χ1n) is 9.92. The molecule has 1 saturated carbocycles. The molecule has 2 aromatic rings. The molecule has 166 valence electrons. The summed E-state index contributed by atoms with van der Waals surface area (Å²) in [5.41, 5.74) is -0.822. The first-order valence-corrected chi connectivity index (χ1v) is 11.4. The number of hydrogen-bond donors (Lipinski definition) is 1. The highest BCUT2D eigenvalue weighted by Gasteiger charge is 2.31. The van der Waals surface area contributed by atoms with Gasteiger partial charge in [0.25, 0.3) is 11.2 Å². The molecule has 11 heteroatoms. The van der Waals surface area contributed by atoms with Gasteiger partial charge in [0.2, 0.25) is 15.9 Å². The van der Waals surface area contributed by atoms with Crippen molar-refractivity contribution < 1.29 is 18.1 Å². The van der Waals surface area contributed by atoms with Crippen molar-refractivity contribution in [2.45, 2.75) is 49.6 Å². The number of pyridine rings is 1. The van der Waals surface area contributed by atoms with Gasteiger partial charge in [-0.1, -0.05) is 31.4 Å². The maximum absolute atomic E-state index is 13.2. The van der Waals surface area contributed by atoms with Crippen LogP contribution < -0.4 is 10.9 Å². The molecule has 10 nitrogen and oxygen atoms in total. The molecule has 0 bridgehead atoms. The van der Waals surface area contributed by atoms with Gasteiger partial charge in [-0.25, -0.2) is 8.42 Å². The number of anilines is 1. The molecule has 0 aliphatic heterocycles. The van der Waals surface area contributed by atoms with Gasteiger partial charge in [-0.05, 0) is 25.0 Å². The Morgan fingerprint density at radius 2 is 1.87 bits per heavy atom. The van der Waals surface area contributed by atoms with Crippen molar-refractivity contribution in [3.63, 3.8) is 0 Å². The van der Waals surface area contributed by atoms with E-state index < -0.39 is 33.0 Å². The minimum absolute atomic E-state index is 0.0391. The number of para-hydroxylation sites is 1. The summed E-state index contributed by atoms with van der Waals surface area (Å²) >= 11 is 0. The number of carbonyl (C=O) groups is 1. The van der Waals surface area contributed by atoms with Crippen molar-refractivity contribution in [1.82, 2.24) is 8.87 Å². The lowest BCUT2D eigenvalue weighted by Crippen LogP contribution is -2.38. The van der Waals surface area contributed by atoms with Gasteiger partial charge in [-0.15, -0.1) is 0 Å². The first-order chi connectivity index (χ1) is 14.7. The van der Waals surface area contributed by atoms with Gasteiger partial charge in [0.1, 0.15) is 11.4 Å². The summed E-state index contributed by atoms with van der Waals surface area (Å²) in [5.74, 6) is -0.675. The highest BCUT2D eigenvalue weighted by Crippen LogP contribution is 2.29. The zero-order valence-electron chi connectivity index (χ0n) is 17.1. The molecule has 1 aliphatic carbocycles. The van der Waals surface area contributed by atoms with Crippen LogP contribution in [0.3, 0.4) is 0 Å². The molecule has 31 heavy (non-hydrogen) atoms. The Morgan fingerprint density at radius 1 is 1.19 bits per heavy atom. The maximum Gasteiger partial charge on any atom is 0.285 e. The molecule has 0 unspecified atom stereocenters. The topological polar surface area (TPSA) is 132 Å². The third-order valence-electron chi connectivity index (χ3n) is 5.40. The molecule has 1 aromatic heterocycles. The second-order valence-electron chi connectivity index (χ2n) is 7.47. The molecular formula is C20H24N4O6S. The summed E-state index contributed by atoms with van der Waals surface area (Å²) < 4.78 is 28.7. The normalized spacial score (nSPS) is 15.0. The van der Waals surface area contributed by atoms with Crippen LogP contribution in [0.15, 0.2) is 52.3 Å². The molecule has 1 aliphatic rings. The van der Waals surface area contributed by atoms with E-state index in [4.69, 9.17) is 0 Å². The van der Waals surface area contributed by atoms with Gasteiger partial charge in [-0.2, -0.15) is 4.31 Å². The Labute approximate surface area is 179 Å². The van der Waals surface area contributed by atoms with Crippen LogP contribution in [-0.2, 0) is 21.4 Å². The summed E-state index contributed by atoms with van der Waals surface area (Å²) in [7, 11) is -2.30. The highest BCUT2D eigenvalue weighted by atomic mass is 32.2. The summed E-state index contributed by atoms with van der Waals surface area (Å²) in [6.07, 6.45) is 5.59. The average molecular weight is 449 g/mol. The van der Waals surface area contributed by atoms with Crippen LogP contribution in [0.4, 0.5) is 11.4 Å². The van der Waals surface area contributed by atoms with E-state index in [1.165, 1.54) is 16.4 Å². The molecular weight excluding hydrogens is 424 g/mol. The van der Waals surface area contributed by atoms with E-state index in [-0.39, 0.29) is 22.3 Å². The van der Waals surface area contributed by atoms with Crippen molar-refractivity contribution in [3.05, 3.63) is 63.1 Å². The van der Waals surface area contributed by atoms with Crippen LogP contribution in [0, 0.1) is 10.1 Å². The van der Waals surface area contributed by atoms with Crippen LogP contribution in [0.2, 0.25) is 0 Å². The standard InChI is InChI=1S/C20H24N4O6S/c1-22(15-7-3-2-4-8-15)31(29,30)18-10-6-5-9-17(18)21-19(25)14-23-13-16(24(27)28)11-12-20(23)26/h5-6,9-13,15H,2-4,7-8,14H2,1H3,(H,21,25). The lowest BCUT2D eigenvalue weighted by Gasteiger charge is -2.30. The molecule has 1 N–H and O–H groups in total. The van der Waals surface area contributed by atoms with E-state index in [2.05, 4.69) is 5.32 Å². The van der Waals surface area contributed by atoms with Gasteiger partial charge < -0.3 is 5.32 Å². The van der Waals surface area contributed by atoms with E-state index in [0.29, 0.717) is 0 Å². The van der Waals surface area contributed by atoms with Crippen molar-refractivity contribution in [2.75, 3.05) is 12.4 Å². The SMILES string of the molecule is CN(C1CCCCC1)S(=O)(=O)c1ccccc1NC(=O)Cn1cc([N+](=O)[O-])ccc1=O. The van der Waals surface area contributed by atoms with Crippen molar-refractivity contribution >= 4 is 27.3 Å². The molecule has 0 radical (unpaired) electrons. The molecule has 1 heterocycles. The smallest absolute Gasteiger partial charge is 0.285 e.